The van der Waals surface area contributed by atoms with Gasteiger partial charge in [0.05, 0.1) is 11.7 Å². The van der Waals surface area contributed by atoms with Crippen molar-refractivity contribution in [2.45, 2.75) is 25.8 Å². The Hall–Kier alpha value is -1.13. The Bertz CT molecular complexity index is 384. The molecule has 1 amide bonds. The highest BCUT2D eigenvalue weighted by Gasteiger charge is 2.14. The number of amides is 1. The van der Waals surface area contributed by atoms with Crippen LogP contribution in [0.15, 0.2) is 18.2 Å². The van der Waals surface area contributed by atoms with Crippen molar-refractivity contribution in [2.75, 3.05) is 5.32 Å². The molecule has 0 heterocycles. The van der Waals surface area contributed by atoms with Crippen LogP contribution in [0, 0.1) is 5.82 Å². The van der Waals surface area contributed by atoms with Gasteiger partial charge in [0, 0.05) is 5.02 Å². The molecule has 1 aromatic carbocycles. The molecule has 0 aliphatic rings. The molecule has 0 saturated heterocycles. The highest BCUT2D eigenvalue weighted by molar-refractivity contribution is 6.30. The zero-order valence-corrected chi connectivity index (χ0v) is 9.72. The monoisotopic (exact) mass is 244 g/mol. The molecular formula is C11H14ClFN2O. The fourth-order valence-corrected chi connectivity index (χ4v) is 1.43. The van der Waals surface area contributed by atoms with Crippen molar-refractivity contribution in [3.8, 4) is 0 Å². The minimum Gasteiger partial charge on any atom is -0.322 e. The minimum atomic E-state index is -0.622. The van der Waals surface area contributed by atoms with Crippen LogP contribution in [-0.4, -0.2) is 11.9 Å². The molecule has 1 rings (SSSR count). The Morgan fingerprint density at radius 2 is 2.31 bits per heavy atom. The molecule has 0 radical (unpaired) electrons. The topological polar surface area (TPSA) is 55.1 Å². The van der Waals surface area contributed by atoms with Crippen molar-refractivity contribution in [3.05, 3.63) is 29.0 Å². The molecule has 16 heavy (non-hydrogen) atoms. The summed E-state index contributed by atoms with van der Waals surface area (Å²) in [4.78, 5) is 11.5. The minimum absolute atomic E-state index is 0.0593. The second-order valence-corrected chi connectivity index (χ2v) is 3.95. The number of halogens is 2. The maximum atomic E-state index is 13.3. The van der Waals surface area contributed by atoms with Gasteiger partial charge in [0.25, 0.3) is 0 Å². The summed E-state index contributed by atoms with van der Waals surface area (Å²) in [6, 6.07) is 3.35. The normalized spacial score (nSPS) is 12.2. The van der Waals surface area contributed by atoms with E-state index in [1.165, 1.54) is 18.2 Å². The van der Waals surface area contributed by atoms with Crippen molar-refractivity contribution in [1.29, 1.82) is 0 Å². The number of carbonyl (C=O) groups excluding carboxylic acids is 1. The van der Waals surface area contributed by atoms with Crippen molar-refractivity contribution in [2.24, 2.45) is 5.73 Å². The average Bonchev–Trinajstić information content (AvgIpc) is 2.23. The first-order valence-corrected chi connectivity index (χ1v) is 5.44. The van der Waals surface area contributed by atoms with Gasteiger partial charge < -0.3 is 11.1 Å². The first-order valence-electron chi connectivity index (χ1n) is 5.06. The summed E-state index contributed by atoms with van der Waals surface area (Å²) in [6.45, 7) is 1.92. The molecule has 0 spiro atoms. The molecule has 0 unspecified atom stereocenters. The van der Waals surface area contributed by atoms with Crippen LogP contribution in [0.1, 0.15) is 19.8 Å². The molecule has 0 saturated carbocycles. The number of benzene rings is 1. The van der Waals surface area contributed by atoms with Gasteiger partial charge in [-0.2, -0.15) is 0 Å². The van der Waals surface area contributed by atoms with Crippen LogP contribution in [-0.2, 0) is 4.79 Å². The van der Waals surface area contributed by atoms with Crippen molar-refractivity contribution in [1.82, 2.24) is 0 Å². The molecule has 88 valence electrons. The predicted molar refractivity (Wildman–Crippen MR) is 62.9 cm³/mol. The number of hydrogen-bond acceptors (Lipinski definition) is 2. The van der Waals surface area contributed by atoms with Gasteiger partial charge >= 0.3 is 0 Å². The van der Waals surface area contributed by atoms with Crippen LogP contribution in [0.25, 0.3) is 0 Å². The summed E-state index contributed by atoms with van der Waals surface area (Å²) >= 11 is 5.69. The largest absolute Gasteiger partial charge is 0.322 e. The van der Waals surface area contributed by atoms with E-state index >= 15 is 0 Å². The fraction of sp³-hybridized carbons (Fsp3) is 0.364. The van der Waals surface area contributed by atoms with E-state index < -0.39 is 17.8 Å². The lowest BCUT2D eigenvalue weighted by atomic mass is 10.1. The number of nitrogens with one attached hydrogen (secondary N) is 1. The Balaban J connectivity index is 2.72. The summed E-state index contributed by atoms with van der Waals surface area (Å²) < 4.78 is 13.3. The van der Waals surface area contributed by atoms with Gasteiger partial charge in [-0.1, -0.05) is 24.9 Å². The Kier molecular flexibility index (Phi) is 4.71. The van der Waals surface area contributed by atoms with Crippen LogP contribution in [0.3, 0.4) is 0 Å². The van der Waals surface area contributed by atoms with Gasteiger partial charge in [-0.05, 0) is 24.6 Å². The third-order valence-electron chi connectivity index (χ3n) is 2.12. The first-order chi connectivity index (χ1) is 7.54. The maximum Gasteiger partial charge on any atom is 0.241 e. The Labute approximate surface area is 98.8 Å². The summed E-state index contributed by atoms with van der Waals surface area (Å²) in [5.41, 5.74) is 5.66. The van der Waals surface area contributed by atoms with E-state index in [1.54, 1.807) is 0 Å². The SMILES string of the molecule is CCC[C@H](N)C(=O)Nc1cc(Cl)ccc1F. The lowest BCUT2D eigenvalue weighted by Gasteiger charge is -2.11. The molecule has 1 aromatic rings. The summed E-state index contributed by atoms with van der Waals surface area (Å²) in [5, 5.41) is 2.77. The van der Waals surface area contributed by atoms with Crippen molar-refractivity contribution < 1.29 is 9.18 Å². The molecule has 3 N–H and O–H groups in total. The van der Waals surface area contributed by atoms with Gasteiger partial charge in [0.2, 0.25) is 5.91 Å². The quantitative estimate of drug-likeness (QED) is 0.855. The van der Waals surface area contributed by atoms with E-state index in [9.17, 15) is 9.18 Å². The summed E-state index contributed by atoms with van der Waals surface area (Å²) in [5.74, 6) is -0.926. The molecule has 3 nitrogen and oxygen atoms in total. The number of anilines is 1. The van der Waals surface area contributed by atoms with Crippen LogP contribution < -0.4 is 11.1 Å². The van der Waals surface area contributed by atoms with E-state index in [0.717, 1.165) is 6.42 Å². The average molecular weight is 245 g/mol. The van der Waals surface area contributed by atoms with Crippen LogP contribution >= 0.6 is 11.6 Å². The second-order valence-electron chi connectivity index (χ2n) is 3.51. The van der Waals surface area contributed by atoms with Crippen LogP contribution in [0.2, 0.25) is 5.02 Å². The molecule has 0 aliphatic heterocycles. The van der Waals surface area contributed by atoms with Crippen LogP contribution in [0.5, 0.6) is 0 Å². The number of hydrogen-bond donors (Lipinski definition) is 2. The van der Waals surface area contributed by atoms with Gasteiger partial charge in [-0.25, -0.2) is 4.39 Å². The lowest BCUT2D eigenvalue weighted by Crippen LogP contribution is -2.35. The molecule has 0 bridgehead atoms. The van der Waals surface area contributed by atoms with E-state index in [0.29, 0.717) is 11.4 Å². The second kappa shape index (κ2) is 5.82. The van der Waals surface area contributed by atoms with E-state index in [1.807, 2.05) is 6.92 Å². The molecule has 1 atom stereocenters. The van der Waals surface area contributed by atoms with E-state index in [-0.39, 0.29) is 5.69 Å². The Morgan fingerprint density at radius 3 is 2.94 bits per heavy atom. The van der Waals surface area contributed by atoms with Gasteiger partial charge in [-0.15, -0.1) is 0 Å². The zero-order valence-electron chi connectivity index (χ0n) is 8.97. The third kappa shape index (κ3) is 3.47. The van der Waals surface area contributed by atoms with Crippen molar-refractivity contribution >= 4 is 23.2 Å². The van der Waals surface area contributed by atoms with Gasteiger partial charge in [-0.3, -0.25) is 4.79 Å². The molecule has 0 aromatic heterocycles. The fourth-order valence-electron chi connectivity index (χ4n) is 1.26. The highest BCUT2D eigenvalue weighted by Crippen LogP contribution is 2.19. The van der Waals surface area contributed by atoms with E-state index in [4.69, 9.17) is 17.3 Å². The van der Waals surface area contributed by atoms with E-state index in [2.05, 4.69) is 5.32 Å². The van der Waals surface area contributed by atoms with Gasteiger partial charge in [0.15, 0.2) is 0 Å². The van der Waals surface area contributed by atoms with Gasteiger partial charge in [0.1, 0.15) is 5.82 Å². The molecule has 5 heteroatoms. The lowest BCUT2D eigenvalue weighted by molar-refractivity contribution is -0.117. The Morgan fingerprint density at radius 1 is 1.62 bits per heavy atom. The maximum absolute atomic E-state index is 13.3. The number of carbonyl (C=O) groups is 1. The smallest absolute Gasteiger partial charge is 0.241 e. The highest BCUT2D eigenvalue weighted by atomic mass is 35.5. The number of rotatable bonds is 4. The molecule has 0 aliphatic carbocycles. The summed E-state index contributed by atoms with van der Waals surface area (Å²) in [7, 11) is 0. The standard InChI is InChI=1S/C11H14ClFN2O/c1-2-3-9(14)11(16)15-10-6-7(12)4-5-8(10)13/h4-6,9H,2-3,14H2,1H3,(H,15,16)/t9-/m0/s1. The third-order valence-corrected chi connectivity index (χ3v) is 2.36. The van der Waals surface area contributed by atoms with Crippen LogP contribution in [0.4, 0.5) is 10.1 Å². The zero-order chi connectivity index (χ0) is 12.1. The predicted octanol–water partition coefficient (Wildman–Crippen LogP) is 2.55. The summed E-state index contributed by atoms with van der Waals surface area (Å²) in [6.07, 6.45) is 1.36. The molecular weight excluding hydrogens is 231 g/mol. The van der Waals surface area contributed by atoms with Crippen molar-refractivity contribution in [3.63, 3.8) is 0 Å². The number of nitrogens with two attached hydrogens (primary N) is 1. The first kappa shape index (κ1) is 12.9. The molecule has 0 fully saturated rings.